The Bertz CT molecular complexity index is 2130. The molecule has 0 spiro atoms. The highest BCUT2D eigenvalue weighted by atomic mass is 16.6. The van der Waals surface area contributed by atoms with Crippen LogP contribution >= 0.6 is 0 Å². The van der Waals surface area contributed by atoms with Crippen LogP contribution in [0.3, 0.4) is 0 Å². The van der Waals surface area contributed by atoms with Crippen molar-refractivity contribution in [3.8, 4) is 28.7 Å². The van der Waals surface area contributed by atoms with E-state index in [9.17, 15) is 28.8 Å². The second kappa shape index (κ2) is 25.6. The van der Waals surface area contributed by atoms with Crippen LogP contribution < -0.4 is 29.0 Å². The summed E-state index contributed by atoms with van der Waals surface area (Å²) in [5.74, 6) is -2.67. The number of carbonyl (C=O) groups is 6. The Morgan fingerprint density at radius 3 is 1.13 bits per heavy atom. The number of ether oxygens (including phenoxy) is 5. The van der Waals surface area contributed by atoms with E-state index in [1.54, 1.807) is 0 Å². The van der Waals surface area contributed by atoms with Gasteiger partial charge in [0, 0.05) is 5.56 Å². The Morgan fingerprint density at radius 2 is 0.762 bits per heavy atom. The van der Waals surface area contributed by atoms with Crippen molar-refractivity contribution in [2.75, 3.05) is 5.32 Å². The molecule has 4 aromatic rings. The third kappa shape index (κ3) is 15.2. The summed E-state index contributed by atoms with van der Waals surface area (Å²) in [6.07, 6.45) is 9.86. The van der Waals surface area contributed by atoms with Crippen molar-refractivity contribution in [1.29, 1.82) is 0 Å². The summed E-state index contributed by atoms with van der Waals surface area (Å²) in [6, 6.07) is 22.1. The van der Waals surface area contributed by atoms with Gasteiger partial charge in [0.05, 0.1) is 34.6 Å². The number of anilines is 1. The molecule has 0 heterocycles. The monoisotopic (exact) mass is 863 g/mol. The van der Waals surface area contributed by atoms with Crippen molar-refractivity contribution in [1.82, 2.24) is 0 Å². The van der Waals surface area contributed by atoms with Crippen LogP contribution in [0.15, 0.2) is 91.0 Å². The lowest BCUT2D eigenvalue weighted by molar-refractivity contribution is -0.140. The number of benzene rings is 4. The summed E-state index contributed by atoms with van der Waals surface area (Å²) in [4.78, 5) is 78.9. The topological polar surface area (TPSA) is 161 Å². The number of unbranched alkanes of at least 4 members (excludes halogenated alkanes) is 3. The standard InChI is InChI=1S/C51H61NO11/c1-7-13-16-34(10-4)47(54)59-39-22-19-37(20-23-39)46(53)52-45-33-38(50(57)62-42-26-24-40(25-27-42)60-48(55)35(11-5)17-14-8-2)21-32-44(45)51(58)63-43-30-28-41(29-31-43)61-49(56)36(12-6)18-15-9-3/h19-36H,7-18H2,1-6H3,(H,52,53). The maximum Gasteiger partial charge on any atom is 0.345 e. The molecule has 0 fully saturated rings. The summed E-state index contributed by atoms with van der Waals surface area (Å²) >= 11 is 0. The maximum absolute atomic E-state index is 13.7. The van der Waals surface area contributed by atoms with Gasteiger partial charge in [0.15, 0.2) is 0 Å². The lowest BCUT2D eigenvalue weighted by atomic mass is 10.00. The molecule has 1 N–H and O–H groups in total. The summed E-state index contributed by atoms with van der Waals surface area (Å²) in [7, 11) is 0. The molecule has 3 unspecified atom stereocenters. The van der Waals surface area contributed by atoms with E-state index in [1.165, 1.54) is 91.0 Å². The van der Waals surface area contributed by atoms with Crippen LogP contribution in [-0.4, -0.2) is 35.8 Å². The van der Waals surface area contributed by atoms with Crippen LogP contribution in [-0.2, 0) is 14.4 Å². The highest BCUT2D eigenvalue weighted by molar-refractivity contribution is 6.09. The number of amides is 1. The number of hydrogen-bond donors (Lipinski definition) is 1. The predicted octanol–water partition coefficient (Wildman–Crippen LogP) is 11.7. The molecule has 1 amide bonds. The summed E-state index contributed by atoms with van der Waals surface area (Å²) in [6.45, 7) is 12.0. The average molecular weight is 864 g/mol. The molecular formula is C51H61NO11. The number of carbonyl (C=O) groups excluding carboxylic acids is 6. The van der Waals surface area contributed by atoms with Crippen molar-refractivity contribution in [3.05, 3.63) is 108 Å². The third-order valence-electron chi connectivity index (χ3n) is 10.8. The quantitative estimate of drug-likeness (QED) is 0.0527. The molecule has 0 aliphatic rings. The second-order valence-corrected chi connectivity index (χ2v) is 15.5. The van der Waals surface area contributed by atoms with Crippen molar-refractivity contribution in [2.24, 2.45) is 17.8 Å². The van der Waals surface area contributed by atoms with Crippen molar-refractivity contribution >= 4 is 41.4 Å². The van der Waals surface area contributed by atoms with E-state index in [-0.39, 0.29) is 75.3 Å². The van der Waals surface area contributed by atoms with Gasteiger partial charge in [-0.15, -0.1) is 0 Å². The maximum atomic E-state index is 13.7. The van der Waals surface area contributed by atoms with Crippen LogP contribution in [0.25, 0.3) is 0 Å². The first kappa shape index (κ1) is 49.4. The van der Waals surface area contributed by atoms with E-state index in [2.05, 4.69) is 26.1 Å². The van der Waals surface area contributed by atoms with Crippen LogP contribution in [0.1, 0.15) is 150 Å². The van der Waals surface area contributed by atoms with E-state index in [4.69, 9.17) is 23.7 Å². The molecule has 336 valence electrons. The molecule has 12 nitrogen and oxygen atoms in total. The minimum absolute atomic E-state index is 0.00497. The highest BCUT2D eigenvalue weighted by Gasteiger charge is 2.23. The lowest BCUT2D eigenvalue weighted by Crippen LogP contribution is -2.20. The fraction of sp³-hybridized carbons (Fsp3) is 0.412. The number of nitrogens with one attached hydrogen (secondary N) is 1. The van der Waals surface area contributed by atoms with Crippen LogP contribution in [0.5, 0.6) is 28.7 Å². The molecular weight excluding hydrogens is 803 g/mol. The van der Waals surface area contributed by atoms with Gasteiger partial charge in [-0.1, -0.05) is 80.1 Å². The normalized spacial score (nSPS) is 12.3. The molecule has 0 aliphatic carbocycles. The summed E-state index contributed by atoms with van der Waals surface area (Å²) < 4.78 is 28.0. The van der Waals surface area contributed by atoms with Gasteiger partial charge in [-0.2, -0.15) is 0 Å². The summed E-state index contributed by atoms with van der Waals surface area (Å²) in [5.41, 5.74) is 0.0681. The molecule has 0 radical (unpaired) electrons. The van der Waals surface area contributed by atoms with Gasteiger partial charge in [-0.25, -0.2) is 9.59 Å². The average Bonchev–Trinajstić information content (AvgIpc) is 3.28. The van der Waals surface area contributed by atoms with Crippen molar-refractivity contribution in [3.63, 3.8) is 0 Å². The number of hydrogen-bond acceptors (Lipinski definition) is 11. The Labute approximate surface area is 371 Å². The molecule has 12 heteroatoms. The first-order valence-corrected chi connectivity index (χ1v) is 22.3. The lowest BCUT2D eigenvalue weighted by Gasteiger charge is -2.15. The summed E-state index contributed by atoms with van der Waals surface area (Å²) in [5, 5.41) is 2.72. The molecule has 0 aliphatic heterocycles. The van der Waals surface area contributed by atoms with Gasteiger partial charge >= 0.3 is 29.8 Å². The third-order valence-corrected chi connectivity index (χ3v) is 10.8. The van der Waals surface area contributed by atoms with Crippen molar-refractivity contribution in [2.45, 2.75) is 119 Å². The van der Waals surface area contributed by atoms with Gasteiger partial charge in [0.2, 0.25) is 0 Å². The molecule has 63 heavy (non-hydrogen) atoms. The van der Waals surface area contributed by atoms with Gasteiger partial charge < -0.3 is 29.0 Å². The fourth-order valence-corrected chi connectivity index (χ4v) is 6.72. The Hall–Kier alpha value is -6.30. The Kier molecular flexibility index (Phi) is 20.0. The van der Waals surface area contributed by atoms with Gasteiger partial charge in [0.1, 0.15) is 28.7 Å². The van der Waals surface area contributed by atoms with Crippen LogP contribution in [0, 0.1) is 17.8 Å². The minimum Gasteiger partial charge on any atom is -0.426 e. The number of rotatable bonds is 24. The first-order valence-electron chi connectivity index (χ1n) is 22.3. The van der Waals surface area contributed by atoms with E-state index in [0.29, 0.717) is 30.8 Å². The SMILES string of the molecule is CCCCC(CC)C(=O)Oc1ccc(OC(=O)c2ccc(C(=O)Oc3ccc(OC(=O)C(CC)CCCC)cc3)c(NC(=O)c3ccc(OC(=O)C(CC)CCCC)cc3)c2)cc1. The molecule has 0 aromatic heterocycles. The largest absolute Gasteiger partial charge is 0.426 e. The molecule has 0 saturated carbocycles. The van der Waals surface area contributed by atoms with E-state index in [0.717, 1.165) is 57.8 Å². The van der Waals surface area contributed by atoms with Gasteiger partial charge in [-0.3, -0.25) is 19.2 Å². The van der Waals surface area contributed by atoms with Crippen LogP contribution in [0.4, 0.5) is 5.69 Å². The zero-order valence-electron chi connectivity index (χ0n) is 37.4. The fourth-order valence-electron chi connectivity index (χ4n) is 6.72. The van der Waals surface area contributed by atoms with Crippen LogP contribution in [0.2, 0.25) is 0 Å². The van der Waals surface area contributed by atoms with Gasteiger partial charge in [0.25, 0.3) is 5.91 Å². The predicted molar refractivity (Wildman–Crippen MR) is 240 cm³/mol. The smallest absolute Gasteiger partial charge is 0.345 e. The number of esters is 5. The molecule has 4 rings (SSSR count). The zero-order chi connectivity index (χ0) is 45.7. The molecule has 4 aromatic carbocycles. The molecule has 3 atom stereocenters. The molecule has 0 saturated heterocycles. The van der Waals surface area contributed by atoms with E-state index < -0.39 is 17.8 Å². The second-order valence-electron chi connectivity index (χ2n) is 15.5. The van der Waals surface area contributed by atoms with E-state index in [1.807, 2.05) is 20.8 Å². The first-order chi connectivity index (χ1) is 30.4. The highest BCUT2D eigenvalue weighted by Crippen LogP contribution is 2.27. The Balaban J connectivity index is 1.53. The zero-order valence-corrected chi connectivity index (χ0v) is 37.4. The van der Waals surface area contributed by atoms with Gasteiger partial charge in [-0.05, 0) is 130 Å². The van der Waals surface area contributed by atoms with Crippen molar-refractivity contribution < 1.29 is 52.5 Å². The minimum atomic E-state index is -0.846. The Morgan fingerprint density at radius 1 is 0.429 bits per heavy atom. The van der Waals surface area contributed by atoms with E-state index >= 15 is 0 Å². The molecule has 0 bridgehead atoms.